The van der Waals surface area contributed by atoms with E-state index < -0.39 is 11.7 Å². The summed E-state index contributed by atoms with van der Waals surface area (Å²) in [4.78, 5) is 25.7. The van der Waals surface area contributed by atoms with Gasteiger partial charge in [-0.3, -0.25) is 4.79 Å². The molecule has 0 aromatic heterocycles. The van der Waals surface area contributed by atoms with Gasteiger partial charge in [-0.05, 0) is 45.1 Å². The topological polar surface area (TPSA) is 61.9 Å². The van der Waals surface area contributed by atoms with E-state index in [0.29, 0.717) is 6.54 Å². The SMILES string of the molecule is CC(C)(C)OC(=O)NN1C(=O)CCN(c2ccccc2)C1=S. The number of hydrogen-bond donors (Lipinski definition) is 1. The highest BCUT2D eigenvalue weighted by molar-refractivity contribution is 7.80. The Kier molecular flexibility index (Phi) is 4.65. The normalized spacial score (nSPS) is 15.8. The van der Waals surface area contributed by atoms with Gasteiger partial charge in [-0.1, -0.05) is 18.2 Å². The van der Waals surface area contributed by atoms with Gasteiger partial charge in [0.05, 0.1) is 0 Å². The van der Waals surface area contributed by atoms with Crippen molar-refractivity contribution in [3.63, 3.8) is 0 Å². The molecule has 118 valence electrons. The van der Waals surface area contributed by atoms with E-state index in [1.807, 2.05) is 30.3 Å². The first kappa shape index (κ1) is 16.2. The fourth-order valence-electron chi connectivity index (χ4n) is 1.99. The first-order chi connectivity index (χ1) is 10.3. The summed E-state index contributed by atoms with van der Waals surface area (Å²) in [5.41, 5.74) is 2.64. The Morgan fingerprint density at radius 3 is 2.50 bits per heavy atom. The van der Waals surface area contributed by atoms with E-state index in [1.54, 1.807) is 25.7 Å². The third-order valence-corrected chi connectivity index (χ3v) is 3.29. The van der Waals surface area contributed by atoms with Gasteiger partial charge in [0.15, 0.2) is 0 Å². The second-order valence-corrected chi connectivity index (χ2v) is 6.23. The zero-order valence-electron chi connectivity index (χ0n) is 12.8. The number of hydrogen-bond acceptors (Lipinski definition) is 4. The largest absolute Gasteiger partial charge is 0.443 e. The Bertz CT molecular complexity index is 583. The van der Waals surface area contributed by atoms with Crippen molar-refractivity contribution in [2.45, 2.75) is 32.8 Å². The molecule has 0 radical (unpaired) electrons. The van der Waals surface area contributed by atoms with Gasteiger partial charge in [0.1, 0.15) is 5.60 Å². The van der Waals surface area contributed by atoms with Crippen LogP contribution in [0.4, 0.5) is 10.5 Å². The smallest absolute Gasteiger partial charge is 0.427 e. The number of carbonyl (C=O) groups is 2. The van der Waals surface area contributed by atoms with Crippen molar-refractivity contribution in [2.24, 2.45) is 0 Å². The van der Waals surface area contributed by atoms with Gasteiger partial charge in [0.25, 0.3) is 0 Å². The van der Waals surface area contributed by atoms with Crippen LogP contribution in [-0.2, 0) is 9.53 Å². The zero-order chi connectivity index (χ0) is 16.3. The molecule has 2 rings (SSSR count). The first-order valence-corrected chi connectivity index (χ1v) is 7.38. The number of rotatable bonds is 2. The predicted octanol–water partition coefficient (Wildman–Crippen LogP) is 2.45. The monoisotopic (exact) mass is 321 g/mol. The lowest BCUT2D eigenvalue weighted by atomic mass is 10.2. The van der Waals surface area contributed by atoms with Crippen molar-refractivity contribution in [2.75, 3.05) is 11.4 Å². The predicted molar refractivity (Wildman–Crippen MR) is 87.2 cm³/mol. The van der Waals surface area contributed by atoms with Crippen LogP contribution in [0.25, 0.3) is 0 Å². The summed E-state index contributed by atoms with van der Waals surface area (Å²) in [5, 5.41) is 1.30. The highest BCUT2D eigenvalue weighted by Crippen LogP contribution is 2.19. The van der Waals surface area contributed by atoms with Crippen molar-refractivity contribution in [3.8, 4) is 0 Å². The molecule has 1 aliphatic rings. The van der Waals surface area contributed by atoms with E-state index >= 15 is 0 Å². The molecule has 0 saturated carbocycles. The summed E-state index contributed by atoms with van der Waals surface area (Å²) >= 11 is 5.33. The molecule has 1 N–H and O–H groups in total. The Morgan fingerprint density at radius 2 is 1.91 bits per heavy atom. The molecule has 2 amide bonds. The summed E-state index contributed by atoms with van der Waals surface area (Å²) in [6.07, 6.45) is -0.455. The number of amides is 2. The van der Waals surface area contributed by atoms with Gasteiger partial charge in [0, 0.05) is 18.7 Å². The Morgan fingerprint density at radius 1 is 1.27 bits per heavy atom. The molecule has 7 heteroatoms. The van der Waals surface area contributed by atoms with E-state index in [2.05, 4.69) is 5.43 Å². The average Bonchev–Trinajstić information content (AvgIpc) is 2.42. The van der Waals surface area contributed by atoms with E-state index in [-0.39, 0.29) is 17.4 Å². The Labute approximate surface area is 135 Å². The molecule has 1 heterocycles. The van der Waals surface area contributed by atoms with Crippen LogP contribution in [0.3, 0.4) is 0 Å². The van der Waals surface area contributed by atoms with Gasteiger partial charge < -0.3 is 9.64 Å². The third kappa shape index (κ3) is 3.94. The number of nitrogens with one attached hydrogen (secondary N) is 1. The number of carbonyl (C=O) groups excluding carboxylic acids is 2. The molecule has 0 unspecified atom stereocenters. The molecule has 0 bridgehead atoms. The molecule has 1 aliphatic heterocycles. The second-order valence-electron chi connectivity index (χ2n) is 5.86. The van der Waals surface area contributed by atoms with E-state index in [4.69, 9.17) is 17.0 Å². The molecule has 1 saturated heterocycles. The van der Waals surface area contributed by atoms with Crippen molar-refractivity contribution in [3.05, 3.63) is 30.3 Å². The molecular weight excluding hydrogens is 302 g/mol. The molecule has 0 spiro atoms. The van der Waals surface area contributed by atoms with E-state index in [0.717, 1.165) is 10.7 Å². The number of hydrazine groups is 1. The van der Waals surface area contributed by atoms with E-state index in [9.17, 15) is 9.59 Å². The van der Waals surface area contributed by atoms with Crippen LogP contribution in [0.5, 0.6) is 0 Å². The second kappa shape index (κ2) is 6.31. The third-order valence-electron chi connectivity index (χ3n) is 2.89. The lowest BCUT2D eigenvalue weighted by Gasteiger charge is -2.36. The molecule has 1 fully saturated rings. The van der Waals surface area contributed by atoms with Crippen molar-refractivity contribution < 1.29 is 14.3 Å². The maximum Gasteiger partial charge on any atom is 0.427 e. The first-order valence-electron chi connectivity index (χ1n) is 6.97. The number of anilines is 1. The summed E-state index contributed by atoms with van der Waals surface area (Å²) in [7, 11) is 0. The van der Waals surface area contributed by atoms with Crippen LogP contribution < -0.4 is 10.3 Å². The fourth-order valence-corrected chi connectivity index (χ4v) is 2.34. The van der Waals surface area contributed by atoms with Gasteiger partial charge in [-0.2, -0.15) is 5.01 Å². The molecule has 0 atom stereocenters. The standard InChI is InChI=1S/C15H19N3O3S/c1-15(2,3)21-13(20)16-18-12(19)9-10-17(14(18)22)11-7-5-4-6-8-11/h4-8H,9-10H2,1-3H3,(H,16,20). The molecule has 1 aromatic carbocycles. The van der Waals surface area contributed by atoms with Gasteiger partial charge in [-0.15, -0.1) is 0 Å². The summed E-state index contributed by atoms with van der Waals surface area (Å²) in [6.45, 7) is 5.73. The minimum absolute atomic E-state index is 0.230. The van der Waals surface area contributed by atoms with Crippen LogP contribution in [0.2, 0.25) is 0 Å². The van der Waals surface area contributed by atoms with Crippen molar-refractivity contribution >= 4 is 35.0 Å². The minimum atomic E-state index is -0.710. The van der Waals surface area contributed by atoms with Crippen LogP contribution in [0.1, 0.15) is 27.2 Å². The maximum absolute atomic E-state index is 12.0. The number of thiocarbonyl (C=S) groups is 1. The lowest BCUT2D eigenvalue weighted by molar-refractivity contribution is -0.130. The fraction of sp³-hybridized carbons (Fsp3) is 0.400. The Balaban J connectivity index is 2.11. The van der Waals surface area contributed by atoms with Crippen LogP contribution in [0, 0.1) is 0 Å². The van der Waals surface area contributed by atoms with Crippen LogP contribution >= 0.6 is 12.2 Å². The zero-order valence-corrected chi connectivity index (χ0v) is 13.6. The van der Waals surface area contributed by atoms with Gasteiger partial charge in [-0.25, -0.2) is 10.2 Å². The molecule has 1 aromatic rings. The number of benzene rings is 1. The maximum atomic E-state index is 12.0. The van der Waals surface area contributed by atoms with E-state index in [1.165, 1.54) is 0 Å². The molecule has 22 heavy (non-hydrogen) atoms. The minimum Gasteiger partial charge on any atom is -0.443 e. The van der Waals surface area contributed by atoms with Gasteiger partial charge in [0.2, 0.25) is 11.0 Å². The molecule has 6 nitrogen and oxygen atoms in total. The highest BCUT2D eigenvalue weighted by atomic mass is 32.1. The number of ether oxygens (including phenoxy) is 1. The number of para-hydroxylation sites is 1. The summed E-state index contributed by atoms with van der Waals surface area (Å²) in [6, 6.07) is 9.47. The van der Waals surface area contributed by atoms with Crippen LogP contribution in [-0.4, -0.2) is 34.3 Å². The lowest BCUT2D eigenvalue weighted by Crippen LogP contribution is -2.59. The van der Waals surface area contributed by atoms with Crippen molar-refractivity contribution in [1.29, 1.82) is 0 Å². The Hall–Kier alpha value is -2.15. The van der Waals surface area contributed by atoms with Gasteiger partial charge >= 0.3 is 6.09 Å². The van der Waals surface area contributed by atoms with Crippen LogP contribution in [0.15, 0.2) is 30.3 Å². The summed E-state index contributed by atoms with van der Waals surface area (Å²) in [5.74, 6) is -0.261. The molecular formula is C15H19N3O3S. The number of nitrogens with zero attached hydrogens (tertiary/aromatic N) is 2. The highest BCUT2D eigenvalue weighted by Gasteiger charge is 2.32. The quantitative estimate of drug-likeness (QED) is 0.848. The average molecular weight is 321 g/mol. The molecule has 0 aliphatic carbocycles. The van der Waals surface area contributed by atoms with Crippen molar-refractivity contribution in [1.82, 2.24) is 10.4 Å². The summed E-state index contributed by atoms with van der Waals surface area (Å²) < 4.78 is 5.16.